The summed E-state index contributed by atoms with van der Waals surface area (Å²) in [6.45, 7) is 2.85. The van der Waals surface area contributed by atoms with Crippen LogP contribution in [-0.4, -0.2) is 61.9 Å². The van der Waals surface area contributed by atoms with Gasteiger partial charge < -0.3 is 19.3 Å². The Hall–Kier alpha value is -7.27. The molecule has 1 aromatic heterocycles. The van der Waals surface area contributed by atoms with E-state index in [0.717, 1.165) is 60.9 Å². The van der Waals surface area contributed by atoms with Crippen molar-refractivity contribution in [2.24, 2.45) is 0 Å². The van der Waals surface area contributed by atoms with Gasteiger partial charge in [0.05, 0.1) is 16.6 Å². The van der Waals surface area contributed by atoms with Gasteiger partial charge in [-0.15, -0.1) is 0 Å². The number of carboxylic acids is 1. The molecule has 0 aliphatic carbocycles. The highest BCUT2D eigenvalue weighted by Crippen LogP contribution is 2.37. The molecule has 5 aromatic carbocycles. The molecule has 0 bridgehead atoms. The van der Waals surface area contributed by atoms with Crippen LogP contribution in [0.1, 0.15) is 112 Å². The van der Waals surface area contributed by atoms with Crippen LogP contribution >= 0.6 is 0 Å². The first-order valence-corrected chi connectivity index (χ1v) is 22.3. The Balaban J connectivity index is 1.16. The molecule has 0 radical (unpaired) electrons. The zero-order valence-electron chi connectivity index (χ0n) is 37.4. The normalized spacial score (nSPS) is 11.1. The van der Waals surface area contributed by atoms with Gasteiger partial charge in [-0.05, 0) is 95.8 Å². The van der Waals surface area contributed by atoms with Crippen LogP contribution in [0.15, 0.2) is 109 Å². The van der Waals surface area contributed by atoms with E-state index in [2.05, 4.69) is 16.7 Å². The first kappa shape index (κ1) is 48.2. The molecule has 0 amide bonds. The molecule has 0 saturated carbocycles. The van der Waals surface area contributed by atoms with Crippen LogP contribution in [0.5, 0.6) is 0 Å². The molecule has 1 heterocycles. The third kappa shape index (κ3) is 13.4. The molecule has 11 heteroatoms. The quantitative estimate of drug-likeness (QED) is 0.0551. The highest BCUT2D eigenvalue weighted by atomic mass is 16.4. The number of aromatic carboxylic acids is 1. The lowest BCUT2D eigenvalue weighted by Crippen LogP contribution is -2.09. The number of fused-ring (bicyclic) bond motifs is 3. The molecule has 0 aliphatic rings. The summed E-state index contributed by atoms with van der Waals surface area (Å²) in [5.74, 6) is -1.83. The van der Waals surface area contributed by atoms with E-state index in [0.29, 0.717) is 0 Å². The fourth-order valence-corrected chi connectivity index (χ4v) is 7.92. The van der Waals surface area contributed by atoms with Crippen LogP contribution in [-0.2, 0) is 51.2 Å². The number of carbonyl (C=O) groups is 9. The van der Waals surface area contributed by atoms with Crippen LogP contribution in [0.3, 0.4) is 0 Å². The number of carbonyl (C=O) groups excluding carboxylic acids is 8. The Bertz CT molecular complexity index is 2660. The fourth-order valence-electron chi connectivity index (χ4n) is 7.92. The van der Waals surface area contributed by atoms with Gasteiger partial charge in [-0.2, -0.15) is 0 Å². The van der Waals surface area contributed by atoms with Gasteiger partial charge in [0.2, 0.25) is 0 Å². The summed E-state index contributed by atoms with van der Waals surface area (Å²) in [7, 11) is 0. The molecule has 6 rings (SSSR count). The van der Waals surface area contributed by atoms with Crippen molar-refractivity contribution in [3.63, 3.8) is 0 Å². The maximum Gasteiger partial charge on any atom is 0.335 e. The zero-order chi connectivity index (χ0) is 47.3. The van der Waals surface area contributed by atoms with Crippen molar-refractivity contribution >= 4 is 74.0 Å². The number of benzene rings is 5. The van der Waals surface area contributed by atoms with Gasteiger partial charge in [0.1, 0.15) is 46.3 Å². The summed E-state index contributed by atoms with van der Waals surface area (Å²) in [4.78, 5) is 108. The van der Waals surface area contributed by atoms with Crippen LogP contribution < -0.4 is 0 Å². The molecule has 0 saturated heterocycles. The van der Waals surface area contributed by atoms with Crippen LogP contribution in [0.4, 0.5) is 0 Å². The fraction of sp³-hybridized carbons (Fsp3) is 0.291. The Morgan fingerprint density at radius 1 is 0.379 bits per heavy atom. The zero-order valence-corrected chi connectivity index (χ0v) is 37.4. The lowest BCUT2D eigenvalue weighted by molar-refractivity contribution is -0.126. The summed E-state index contributed by atoms with van der Waals surface area (Å²) in [6, 6.07) is 34.6. The average molecular weight is 888 g/mol. The first-order valence-electron chi connectivity index (χ1n) is 22.3. The lowest BCUT2D eigenvalue weighted by Gasteiger charge is -2.09. The van der Waals surface area contributed by atoms with Gasteiger partial charge in [0.15, 0.2) is 0 Å². The summed E-state index contributed by atoms with van der Waals surface area (Å²) >= 11 is 0. The highest BCUT2D eigenvalue weighted by Gasteiger charge is 2.17. The third-order valence-corrected chi connectivity index (χ3v) is 11.8. The average Bonchev–Trinajstić information content (AvgIpc) is 3.63. The number of hydrogen-bond acceptors (Lipinski definition) is 9. The molecule has 11 nitrogen and oxygen atoms in total. The number of aromatic nitrogens is 1. The predicted molar refractivity (Wildman–Crippen MR) is 253 cm³/mol. The molecule has 0 spiro atoms. The molecule has 0 aliphatic heterocycles. The molecule has 0 unspecified atom stereocenters. The van der Waals surface area contributed by atoms with Gasteiger partial charge in [-0.1, -0.05) is 60.7 Å². The molecule has 1 N–H and O–H groups in total. The molecule has 6 aromatic rings. The number of ketones is 8. The second-order valence-corrected chi connectivity index (χ2v) is 17.0. The highest BCUT2D eigenvalue weighted by molar-refractivity contribution is 6.11. The van der Waals surface area contributed by atoms with Crippen molar-refractivity contribution < 1.29 is 48.3 Å². The topological polar surface area (TPSA) is 179 Å². The van der Waals surface area contributed by atoms with Crippen LogP contribution in [0.25, 0.3) is 49.7 Å². The number of nitrogens with zero attached hydrogens (tertiary/aromatic N) is 1. The largest absolute Gasteiger partial charge is 0.478 e. The van der Waals surface area contributed by atoms with Gasteiger partial charge in [0, 0.05) is 106 Å². The Labute approximate surface area is 383 Å². The van der Waals surface area contributed by atoms with Gasteiger partial charge in [0.25, 0.3) is 0 Å². The smallest absolute Gasteiger partial charge is 0.335 e. The molecule has 0 atom stereocenters. The minimum atomic E-state index is -1.01. The maximum absolute atomic E-state index is 12.8. The minimum absolute atomic E-state index is 0.0662. The SMILES string of the molecule is CC(=O)CCC(=O)CCC(=O)CCC(=O)Cc1ccc(-c2ccc3c(c2)c2cc(-c4ccc(CC(=O)CCC(=O)CCC(=O)CCC(C)=O)cc4)ccc2n3-c2ccc(C(=O)O)cc2)cc1. The molecule has 0 fully saturated rings. The van der Waals surface area contributed by atoms with Crippen molar-refractivity contribution in [1.29, 1.82) is 0 Å². The number of hydrogen-bond donors (Lipinski definition) is 1. The van der Waals surface area contributed by atoms with E-state index in [1.54, 1.807) is 24.3 Å². The molecule has 338 valence electrons. The van der Waals surface area contributed by atoms with Crippen molar-refractivity contribution in [1.82, 2.24) is 4.57 Å². The van der Waals surface area contributed by atoms with E-state index < -0.39 is 5.97 Å². The second-order valence-electron chi connectivity index (χ2n) is 17.0. The Morgan fingerprint density at radius 3 is 1.03 bits per heavy atom. The van der Waals surface area contributed by atoms with Crippen molar-refractivity contribution in [3.05, 3.63) is 126 Å². The standard InChI is InChI=1S/C55H53NO10/c1-35(57)3-19-45(59)21-23-47(61)25-27-49(63)31-37-5-9-39(10-6-37)42-15-29-53-51(33-42)52-34-43(16-30-54(52)56(53)44-17-13-41(14-18-44)55(65)66)40-11-7-38(8-12-40)32-50(64)28-26-48(62)24-22-46(60)20-4-36(2)58/h5-18,29-30,33-34H,3-4,19-28,31-32H2,1-2H3,(H,65,66). The van der Waals surface area contributed by atoms with E-state index in [1.165, 1.54) is 13.8 Å². The van der Waals surface area contributed by atoms with Crippen molar-refractivity contribution in [3.8, 4) is 27.9 Å². The minimum Gasteiger partial charge on any atom is -0.478 e. The van der Waals surface area contributed by atoms with Gasteiger partial charge in [-0.3, -0.25) is 28.8 Å². The molecular formula is C55H53NO10. The van der Waals surface area contributed by atoms with Crippen LogP contribution in [0.2, 0.25) is 0 Å². The predicted octanol–water partition coefficient (Wildman–Crippen LogP) is 10.2. The van der Waals surface area contributed by atoms with E-state index in [-0.39, 0.29) is 142 Å². The number of rotatable bonds is 26. The third-order valence-electron chi connectivity index (χ3n) is 11.8. The van der Waals surface area contributed by atoms with Gasteiger partial charge >= 0.3 is 5.97 Å². The summed E-state index contributed by atoms with van der Waals surface area (Å²) < 4.78 is 2.10. The summed E-state index contributed by atoms with van der Waals surface area (Å²) in [6.07, 6.45) is 1.62. The number of Topliss-reactive ketones (excluding diaryl/α,β-unsaturated/α-hetero) is 8. The second kappa shape index (κ2) is 22.6. The first-order chi connectivity index (χ1) is 31.6. The maximum atomic E-state index is 12.8. The van der Waals surface area contributed by atoms with Crippen molar-refractivity contribution in [2.45, 2.75) is 104 Å². The number of carboxylic acid groups (broad SMARTS) is 1. The summed E-state index contributed by atoms with van der Waals surface area (Å²) in [5, 5.41) is 11.5. The van der Waals surface area contributed by atoms with E-state index in [9.17, 15) is 48.3 Å². The molecule has 66 heavy (non-hydrogen) atoms. The molecular weight excluding hydrogens is 835 g/mol. The van der Waals surface area contributed by atoms with E-state index in [1.807, 2.05) is 72.8 Å². The lowest BCUT2D eigenvalue weighted by atomic mass is 9.97. The van der Waals surface area contributed by atoms with Crippen molar-refractivity contribution in [2.75, 3.05) is 0 Å². The van der Waals surface area contributed by atoms with E-state index >= 15 is 0 Å². The van der Waals surface area contributed by atoms with Crippen LogP contribution in [0, 0.1) is 0 Å². The van der Waals surface area contributed by atoms with Gasteiger partial charge in [-0.25, -0.2) is 4.79 Å². The van der Waals surface area contributed by atoms with E-state index in [4.69, 9.17) is 0 Å². The monoisotopic (exact) mass is 887 g/mol. The Morgan fingerprint density at radius 2 is 0.697 bits per heavy atom. The summed E-state index contributed by atoms with van der Waals surface area (Å²) in [5.41, 5.74) is 8.20. The Kier molecular flexibility index (Phi) is 16.5.